The van der Waals surface area contributed by atoms with E-state index in [4.69, 9.17) is 14.2 Å². The first kappa shape index (κ1) is 17.6. The van der Waals surface area contributed by atoms with Crippen LogP contribution in [0.3, 0.4) is 0 Å². The van der Waals surface area contributed by atoms with Gasteiger partial charge in [0, 0.05) is 6.07 Å². The van der Waals surface area contributed by atoms with Crippen molar-refractivity contribution in [1.82, 2.24) is 15.4 Å². The van der Waals surface area contributed by atoms with E-state index in [1.165, 1.54) is 6.33 Å². The minimum atomic E-state index is -0.771. The van der Waals surface area contributed by atoms with Crippen molar-refractivity contribution in [3.05, 3.63) is 66.5 Å². The lowest BCUT2D eigenvalue weighted by atomic mass is 10.2. The van der Waals surface area contributed by atoms with Gasteiger partial charge in [-0.1, -0.05) is 29.8 Å². The first-order valence-corrected chi connectivity index (χ1v) is 8.68. The molecule has 8 nitrogen and oxygen atoms in total. The van der Waals surface area contributed by atoms with E-state index in [0.29, 0.717) is 28.9 Å². The Morgan fingerprint density at radius 2 is 1.89 bits per heavy atom. The minimum Gasteiger partial charge on any atom is -0.485 e. The highest BCUT2D eigenvalue weighted by Gasteiger charge is 2.27. The standard InChI is InChI=1S/C20H18N4O4/c1-13-6-8-14(9-7-13)27-19-10-18(21-12-22-19)23-24-20(25)17-11-26-15-4-2-3-5-16(15)28-17/h2-10,12,17H,11H2,1H3,(H,24,25)(H,21,22,23)/t17-/m0/s1. The van der Waals surface area contributed by atoms with E-state index in [9.17, 15) is 4.79 Å². The molecule has 1 aliphatic rings. The summed E-state index contributed by atoms with van der Waals surface area (Å²) >= 11 is 0. The van der Waals surface area contributed by atoms with Crippen molar-refractivity contribution < 1.29 is 19.0 Å². The van der Waals surface area contributed by atoms with Crippen LogP contribution in [0.2, 0.25) is 0 Å². The zero-order valence-corrected chi connectivity index (χ0v) is 15.1. The van der Waals surface area contributed by atoms with E-state index in [0.717, 1.165) is 5.56 Å². The van der Waals surface area contributed by atoms with Crippen molar-refractivity contribution in [1.29, 1.82) is 0 Å². The Balaban J connectivity index is 1.35. The van der Waals surface area contributed by atoms with Gasteiger partial charge in [0.1, 0.15) is 18.7 Å². The highest BCUT2D eigenvalue weighted by Crippen LogP contribution is 2.30. The maximum atomic E-state index is 12.3. The third kappa shape index (κ3) is 4.12. The van der Waals surface area contributed by atoms with Crippen LogP contribution in [0.5, 0.6) is 23.1 Å². The number of rotatable bonds is 5. The molecule has 0 saturated carbocycles. The Kier molecular flexibility index (Phi) is 4.92. The molecule has 8 heteroatoms. The number of anilines is 1. The van der Waals surface area contributed by atoms with Crippen molar-refractivity contribution >= 4 is 11.7 Å². The lowest BCUT2D eigenvalue weighted by molar-refractivity contribution is -0.129. The van der Waals surface area contributed by atoms with Gasteiger partial charge in [0.25, 0.3) is 5.91 Å². The summed E-state index contributed by atoms with van der Waals surface area (Å²) < 4.78 is 16.9. The Labute approximate surface area is 161 Å². The molecule has 28 heavy (non-hydrogen) atoms. The van der Waals surface area contributed by atoms with Gasteiger partial charge in [-0.3, -0.25) is 15.6 Å². The first-order chi connectivity index (χ1) is 13.7. The lowest BCUT2D eigenvalue weighted by Crippen LogP contribution is -2.46. The molecule has 3 aromatic rings. The number of carbonyl (C=O) groups is 1. The van der Waals surface area contributed by atoms with Crippen molar-refractivity contribution in [2.75, 3.05) is 12.0 Å². The third-order valence-corrected chi connectivity index (χ3v) is 4.00. The number of fused-ring (bicyclic) bond motifs is 1. The number of aromatic nitrogens is 2. The van der Waals surface area contributed by atoms with E-state index < -0.39 is 6.10 Å². The summed E-state index contributed by atoms with van der Waals surface area (Å²) in [7, 11) is 0. The summed E-state index contributed by atoms with van der Waals surface area (Å²) in [5.74, 6) is 2.15. The molecule has 2 heterocycles. The normalized spacial score (nSPS) is 14.8. The maximum Gasteiger partial charge on any atom is 0.283 e. The van der Waals surface area contributed by atoms with Gasteiger partial charge < -0.3 is 14.2 Å². The summed E-state index contributed by atoms with van der Waals surface area (Å²) in [5.41, 5.74) is 6.43. The molecule has 1 atom stereocenters. The number of nitrogens with zero attached hydrogens (tertiary/aromatic N) is 2. The van der Waals surface area contributed by atoms with Gasteiger partial charge in [-0.25, -0.2) is 9.97 Å². The number of carbonyl (C=O) groups excluding carboxylic acids is 1. The Bertz CT molecular complexity index is 978. The zero-order valence-electron chi connectivity index (χ0n) is 15.1. The smallest absolute Gasteiger partial charge is 0.283 e. The molecular weight excluding hydrogens is 360 g/mol. The SMILES string of the molecule is Cc1ccc(Oc2cc(NNC(=O)[C@@H]3COc4ccccc4O3)ncn2)cc1. The minimum absolute atomic E-state index is 0.121. The van der Waals surface area contributed by atoms with Gasteiger partial charge in [0.2, 0.25) is 12.0 Å². The molecule has 0 bridgehead atoms. The van der Waals surface area contributed by atoms with Crippen LogP contribution < -0.4 is 25.1 Å². The molecule has 0 unspecified atom stereocenters. The second kappa shape index (κ2) is 7.83. The van der Waals surface area contributed by atoms with E-state index in [1.807, 2.05) is 43.3 Å². The molecule has 0 saturated heterocycles. The van der Waals surface area contributed by atoms with E-state index >= 15 is 0 Å². The molecule has 0 spiro atoms. The predicted octanol–water partition coefficient (Wildman–Crippen LogP) is 2.86. The number of ether oxygens (including phenoxy) is 3. The number of nitrogens with one attached hydrogen (secondary N) is 2. The van der Waals surface area contributed by atoms with E-state index in [1.54, 1.807) is 18.2 Å². The molecule has 0 fully saturated rings. The summed E-state index contributed by atoms with van der Waals surface area (Å²) in [6.45, 7) is 2.12. The molecular formula is C20H18N4O4. The van der Waals surface area contributed by atoms with Crippen LogP contribution in [0, 0.1) is 6.92 Å². The van der Waals surface area contributed by atoms with Gasteiger partial charge in [-0.15, -0.1) is 0 Å². The van der Waals surface area contributed by atoms with Gasteiger partial charge in [-0.05, 0) is 31.2 Å². The highest BCUT2D eigenvalue weighted by molar-refractivity contribution is 5.82. The molecule has 142 valence electrons. The van der Waals surface area contributed by atoms with Crippen LogP contribution in [0.25, 0.3) is 0 Å². The maximum absolute atomic E-state index is 12.3. The number of hydrogen-bond acceptors (Lipinski definition) is 7. The molecule has 0 aliphatic carbocycles. The van der Waals surface area contributed by atoms with Crippen LogP contribution in [-0.2, 0) is 4.79 Å². The summed E-state index contributed by atoms with van der Waals surface area (Å²) in [6, 6.07) is 16.4. The van der Waals surface area contributed by atoms with Crippen LogP contribution in [0.15, 0.2) is 60.9 Å². The molecule has 1 aliphatic heterocycles. The third-order valence-electron chi connectivity index (χ3n) is 4.00. The van der Waals surface area contributed by atoms with Crippen LogP contribution in [0.4, 0.5) is 5.82 Å². The Hall–Kier alpha value is -3.81. The second-order valence-corrected chi connectivity index (χ2v) is 6.14. The van der Waals surface area contributed by atoms with E-state index in [2.05, 4.69) is 20.8 Å². The fourth-order valence-corrected chi connectivity index (χ4v) is 2.55. The van der Waals surface area contributed by atoms with Crippen LogP contribution in [0.1, 0.15) is 5.56 Å². The van der Waals surface area contributed by atoms with Crippen LogP contribution >= 0.6 is 0 Å². The van der Waals surface area contributed by atoms with Gasteiger partial charge in [0.05, 0.1) is 0 Å². The van der Waals surface area contributed by atoms with E-state index in [-0.39, 0.29) is 12.5 Å². The number of hydrazine groups is 1. The number of hydrogen-bond donors (Lipinski definition) is 2. The zero-order chi connectivity index (χ0) is 19.3. The topological polar surface area (TPSA) is 94.6 Å². The fraction of sp³-hybridized carbons (Fsp3) is 0.150. The number of aryl methyl sites for hydroxylation is 1. The van der Waals surface area contributed by atoms with Gasteiger partial charge in [-0.2, -0.15) is 0 Å². The average Bonchev–Trinajstić information content (AvgIpc) is 2.73. The van der Waals surface area contributed by atoms with Gasteiger partial charge in [0.15, 0.2) is 17.3 Å². The second-order valence-electron chi connectivity index (χ2n) is 6.14. The van der Waals surface area contributed by atoms with Gasteiger partial charge >= 0.3 is 0 Å². The number of benzene rings is 2. The summed E-state index contributed by atoms with van der Waals surface area (Å²) in [5, 5.41) is 0. The molecule has 2 N–H and O–H groups in total. The number of amides is 1. The van der Waals surface area contributed by atoms with Crippen molar-refractivity contribution in [2.24, 2.45) is 0 Å². The van der Waals surface area contributed by atoms with Crippen molar-refractivity contribution in [2.45, 2.75) is 13.0 Å². The first-order valence-electron chi connectivity index (χ1n) is 8.68. The average molecular weight is 378 g/mol. The highest BCUT2D eigenvalue weighted by atomic mass is 16.6. The molecule has 1 amide bonds. The number of para-hydroxylation sites is 2. The Morgan fingerprint density at radius 1 is 1.11 bits per heavy atom. The fourth-order valence-electron chi connectivity index (χ4n) is 2.55. The van der Waals surface area contributed by atoms with Crippen molar-refractivity contribution in [3.8, 4) is 23.1 Å². The molecule has 1 aromatic heterocycles. The summed E-state index contributed by atoms with van der Waals surface area (Å²) in [4.78, 5) is 20.5. The van der Waals surface area contributed by atoms with Crippen LogP contribution in [-0.4, -0.2) is 28.6 Å². The monoisotopic (exact) mass is 378 g/mol. The molecule has 0 radical (unpaired) electrons. The Morgan fingerprint density at radius 3 is 2.71 bits per heavy atom. The predicted molar refractivity (Wildman–Crippen MR) is 101 cm³/mol. The van der Waals surface area contributed by atoms with Crippen molar-refractivity contribution in [3.63, 3.8) is 0 Å². The lowest BCUT2D eigenvalue weighted by Gasteiger charge is -2.25. The molecule has 4 rings (SSSR count). The largest absolute Gasteiger partial charge is 0.485 e. The quantitative estimate of drug-likeness (QED) is 0.659. The molecule has 2 aromatic carbocycles. The summed E-state index contributed by atoms with van der Waals surface area (Å²) in [6.07, 6.45) is 0.571.